The van der Waals surface area contributed by atoms with Crippen LogP contribution in [0.1, 0.15) is 15.9 Å². The van der Waals surface area contributed by atoms with Crippen LogP contribution in [0.15, 0.2) is 48.5 Å². The molecule has 0 aliphatic heterocycles. The Morgan fingerprint density at radius 2 is 1.76 bits per heavy atom. The zero-order valence-electron chi connectivity index (χ0n) is 9.10. The maximum absolute atomic E-state index is 10.5. The summed E-state index contributed by atoms with van der Waals surface area (Å²) in [5.74, 6) is 0.773. The van der Waals surface area contributed by atoms with Gasteiger partial charge in [0.05, 0.1) is 0 Å². The van der Waals surface area contributed by atoms with E-state index in [2.05, 4.69) is 28.7 Å². The van der Waals surface area contributed by atoms with Gasteiger partial charge in [-0.15, -0.1) is 0 Å². The topological polar surface area (TPSA) is 26.3 Å². The number of aldehydes is 1. The summed E-state index contributed by atoms with van der Waals surface area (Å²) in [6.07, 6.45) is 0.823. The first kappa shape index (κ1) is 12.1. The standard InChI is InChI=1S/C14H11IO2/c15-14-4-2-1-3-12(14)10-17-13-7-5-11(9-16)6-8-13/h1-9H,10H2. The minimum atomic E-state index is 0.541. The molecule has 0 saturated carbocycles. The van der Waals surface area contributed by atoms with E-state index in [1.807, 2.05) is 18.2 Å². The van der Waals surface area contributed by atoms with E-state index in [0.717, 1.165) is 17.6 Å². The lowest BCUT2D eigenvalue weighted by atomic mass is 10.2. The fraction of sp³-hybridized carbons (Fsp3) is 0.0714. The highest BCUT2D eigenvalue weighted by Gasteiger charge is 1.99. The number of carbonyl (C=O) groups excluding carboxylic acids is 1. The molecule has 2 nitrogen and oxygen atoms in total. The number of carbonyl (C=O) groups is 1. The lowest BCUT2D eigenvalue weighted by Crippen LogP contribution is -1.97. The van der Waals surface area contributed by atoms with E-state index in [1.54, 1.807) is 24.3 Å². The van der Waals surface area contributed by atoms with Crippen molar-refractivity contribution >= 4 is 28.9 Å². The molecule has 0 unspecified atom stereocenters. The van der Waals surface area contributed by atoms with Crippen LogP contribution in [0, 0.1) is 3.57 Å². The zero-order chi connectivity index (χ0) is 12.1. The Balaban J connectivity index is 2.02. The number of benzene rings is 2. The molecule has 0 radical (unpaired) electrons. The van der Waals surface area contributed by atoms with Crippen molar-refractivity contribution in [3.63, 3.8) is 0 Å². The summed E-state index contributed by atoms with van der Waals surface area (Å²) in [6, 6.07) is 15.2. The first-order valence-corrected chi connectivity index (χ1v) is 6.29. The predicted molar refractivity (Wildman–Crippen MR) is 75.3 cm³/mol. The summed E-state index contributed by atoms with van der Waals surface area (Å²) in [6.45, 7) is 0.541. The van der Waals surface area contributed by atoms with Crippen LogP contribution in [0.2, 0.25) is 0 Å². The van der Waals surface area contributed by atoms with Crippen LogP contribution in [0.4, 0.5) is 0 Å². The molecule has 0 atom stereocenters. The quantitative estimate of drug-likeness (QED) is 0.628. The molecule has 2 aromatic carbocycles. The first-order valence-electron chi connectivity index (χ1n) is 5.21. The molecule has 0 aliphatic rings. The minimum absolute atomic E-state index is 0.541. The SMILES string of the molecule is O=Cc1ccc(OCc2ccccc2I)cc1. The normalized spacial score (nSPS) is 9.94. The highest BCUT2D eigenvalue weighted by Crippen LogP contribution is 2.16. The van der Waals surface area contributed by atoms with Crippen LogP contribution in [0.25, 0.3) is 0 Å². The molecule has 0 fully saturated rings. The maximum atomic E-state index is 10.5. The van der Waals surface area contributed by atoms with Crippen molar-refractivity contribution in [2.45, 2.75) is 6.61 Å². The van der Waals surface area contributed by atoms with E-state index in [-0.39, 0.29) is 0 Å². The molecule has 2 rings (SSSR count). The van der Waals surface area contributed by atoms with Crippen molar-refractivity contribution in [2.24, 2.45) is 0 Å². The number of rotatable bonds is 4. The van der Waals surface area contributed by atoms with E-state index in [0.29, 0.717) is 12.2 Å². The van der Waals surface area contributed by atoms with Crippen molar-refractivity contribution in [1.29, 1.82) is 0 Å². The third-order valence-corrected chi connectivity index (χ3v) is 3.42. The van der Waals surface area contributed by atoms with Crippen molar-refractivity contribution in [2.75, 3.05) is 0 Å². The summed E-state index contributed by atoms with van der Waals surface area (Å²) in [4.78, 5) is 10.5. The average molecular weight is 338 g/mol. The molecule has 2 aromatic rings. The van der Waals surface area contributed by atoms with E-state index in [9.17, 15) is 4.79 Å². The number of ether oxygens (including phenoxy) is 1. The molecule has 0 aliphatic carbocycles. The van der Waals surface area contributed by atoms with Gasteiger partial charge in [0.2, 0.25) is 0 Å². The smallest absolute Gasteiger partial charge is 0.150 e. The molecule has 0 heterocycles. The van der Waals surface area contributed by atoms with Gasteiger partial charge in [-0.3, -0.25) is 4.79 Å². The van der Waals surface area contributed by atoms with Crippen LogP contribution >= 0.6 is 22.6 Å². The third-order valence-electron chi connectivity index (χ3n) is 2.37. The Morgan fingerprint density at radius 1 is 1.06 bits per heavy atom. The Bertz CT molecular complexity index is 506. The molecule has 0 aromatic heterocycles. The lowest BCUT2D eigenvalue weighted by molar-refractivity contribution is 0.112. The van der Waals surface area contributed by atoms with Gasteiger partial charge in [0.15, 0.2) is 0 Å². The summed E-state index contributed by atoms with van der Waals surface area (Å²) in [7, 11) is 0. The second-order valence-corrected chi connectivity index (χ2v) is 4.73. The number of halogens is 1. The van der Waals surface area contributed by atoms with Gasteiger partial charge < -0.3 is 4.74 Å². The Labute approximate surface area is 114 Å². The fourth-order valence-electron chi connectivity index (χ4n) is 1.42. The molecular formula is C14H11IO2. The predicted octanol–water partition coefficient (Wildman–Crippen LogP) is 3.68. The number of hydrogen-bond acceptors (Lipinski definition) is 2. The van der Waals surface area contributed by atoms with Crippen molar-refractivity contribution in [3.05, 3.63) is 63.2 Å². The van der Waals surface area contributed by atoms with E-state index in [4.69, 9.17) is 4.74 Å². The van der Waals surface area contributed by atoms with Crippen molar-refractivity contribution in [3.8, 4) is 5.75 Å². The van der Waals surface area contributed by atoms with Gasteiger partial charge in [0.1, 0.15) is 18.6 Å². The molecule has 86 valence electrons. The second kappa shape index (κ2) is 5.82. The Morgan fingerprint density at radius 3 is 2.41 bits per heavy atom. The largest absolute Gasteiger partial charge is 0.489 e. The fourth-order valence-corrected chi connectivity index (χ4v) is 1.96. The minimum Gasteiger partial charge on any atom is -0.489 e. The van der Waals surface area contributed by atoms with Gasteiger partial charge in [0, 0.05) is 14.7 Å². The average Bonchev–Trinajstić information content (AvgIpc) is 2.38. The molecule has 0 spiro atoms. The summed E-state index contributed by atoms with van der Waals surface area (Å²) >= 11 is 2.29. The van der Waals surface area contributed by atoms with E-state index >= 15 is 0 Å². The van der Waals surface area contributed by atoms with E-state index < -0.39 is 0 Å². The van der Waals surface area contributed by atoms with Crippen LogP contribution in [-0.2, 0) is 6.61 Å². The molecular weight excluding hydrogens is 327 g/mol. The molecule has 0 bridgehead atoms. The van der Waals surface area contributed by atoms with Gasteiger partial charge >= 0.3 is 0 Å². The monoisotopic (exact) mass is 338 g/mol. The van der Waals surface area contributed by atoms with Crippen LogP contribution in [0.3, 0.4) is 0 Å². The van der Waals surface area contributed by atoms with Gasteiger partial charge in [-0.25, -0.2) is 0 Å². The van der Waals surface area contributed by atoms with Crippen LogP contribution in [0.5, 0.6) is 5.75 Å². The van der Waals surface area contributed by atoms with Gasteiger partial charge in [-0.2, -0.15) is 0 Å². The molecule has 0 N–H and O–H groups in total. The maximum Gasteiger partial charge on any atom is 0.150 e. The Kier molecular flexibility index (Phi) is 4.14. The summed E-state index contributed by atoms with van der Waals surface area (Å²) < 4.78 is 6.84. The number of hydrogen-bond donors (Lipinski definition) is 0. The van der Waals surface area contributed by atoms with Crippen molar-refractivity contribution in [1.82, 2.24) is 0 Å². The molecule has 0 saturated heterocycles. The van der Waals surface area contributed by atoms with Crippen LogP contribution in [-0.4, -0.2) is 6.29 Å². The van der Waals surface area contributed by atoms with E-state index in [1.165, 1.54) is 3.57 Å². The zero-order valence-corrected chi connectivity index (χ0v) is 11.3. The highest BCUT2D eigenvalue weighted by molar-refractivity contribution is 14.1. The summed E-state index contributed by atoms with van der Waals surface area (Å²) in [5, 5.41) is 0. The van der Waals surface area contributed by atoms with Gasteiger partial charge in [-0.1, -0.05) is 18.2 Å². The summed E-state index contributed by atoms with van der Waals surface area (Å²) in [5.41, 5.74) is 1.82. The molecule has 0 amide bonds. The van der Waals surface area contributed by atoms with Crippen LogP contribution < -0.4 is 4.74 Å². The van der Waals surface area contributed by atoms with Gasteiger partial charge in [-0.05, 0) is 52.9 Å². The highest BCUT2D eigenvalue weighted by atomic mass is 127. The first-order chi connectivity index (χ1) is 8.29. The van der Waals surface area contributed by atoms with Gasteiger partial charge in [0.25, 0.3) is 0 Å². The second-order valence-electron chi connectivity index (χ2n) is 3.57. The molecule has 17 heavy (non-hydrogen) atoms. The Hall–Kier alpha value is -1.36. The lowest BCUT2D eigenvalue weighted by Gasteiger charge is -2.07. The third kappa shape index (κ3) is 3.30. The van der Waals surface area contributed by atoms with Crippen molar-refractivity contribution < 1.29 is 9.53 Å². The molecule has 3 heteroatoms.